The fourth-order valence-corrected chi connectivity index (χ4v) is 4.02. The molecule has 0 aliphatic carbocycles. The van der Waals surface area contributed by atoms with Crippen molar-refractivity contribution < 1.29 is 9.90 Å². The zero-order valence-corrected chi connectivity index (χ0v) is 13.2. The number of carbonyl (C=O) groups is 1. The highest BCUT2D eigenvalue weighted by atomic mass is 79.9. The monoisotopic (exact) mass is 337 g/mol. The molecule has 2 bridgehead atoms. The molecule has 108 valence electrons. The maximum atomic E-state index is 12.4. The molecule has 20 heavy (non-hydrogen) atoms. The molecule has 0 amide bonds. The molecule has 1 aromatic carbocycles. The summed E-state index contributed by atoms with van der Waals surface area (Å²) in [5.41, 5.74) is 0.837. The molecule has 3 nitrogen and oxygen atoms in total. The highest BCUT2D eigenvalue weighted by Crippen LogP contribution is 2.40. The first kappa shape index (κ1) is 14.2. The highest BCUT2D eigenvalue weighted by Gasteiger charge is 2.45. The normalized spacial score (nSPS) is 32.1. The van der Waals surface area contributed by atoms with Gasteiger partial charge in [0.2, 0.25) is 0 Å². The van der Waals surface area contributed by atoms with Crippen molar-refractivity contribution in [3.8, 4) is 0 Å². The Balaban J connectivity index is 1.87. The van der Waals surface area contributed by atoms with Crippen LogP contribution in [0.25, 0.3) is 0 Å². The van der Waals surface area contributed by atoms with Crippen LogP contribution in [0.4, 0.5) is 0 Å². The van der Waals surface area contributed by atoms with Gasteiger partial charge in [-0.15, -0.1) is 0 Å². The number of benzene rings is 1. The van der Waals surface area contributed by atoms with E-state index in [1.807, 2.05) is 24.3 Å². The van der Waals surface area contributed by atoms with Crippen LogP contribution >= 0.6 is 15.9 Å². The van der Waals surface area contributed by atoms with Crippen molar-refractivity contribution in [2.45, 2.75) is 43.9 Å². The number of fused-ring (bicyclic) bond motifs is 2. The van der Waals surface area contributed by atoms with Gasteiger partial charge in [0.05, 0.1) is 12.0 Å². The van der Waals surface area contributed by atoms with Gasteiger partial charge in [0.1, 0.15) is 5.78 Å². The lowest BCUT2D eigenvalue weighted by Gasteiger charge is -2.48. The molecule has 0 unspecified atom stereocenters. The van der Waals surface area contributed by atoms with Crippen LogP contribution < -0.4 is 0 Å². The summed E-state index contributed by atoms with van der Waals surface area (Å²) in [5.74, 6) is -0.0501. The first-order chi connectivity index (χ1) is 9.58. The number of aliphatic hydroxyl groups is 1. The highest BCUT2D eigenvalue weighted by molar-refractivity contribution is 9.10. The SMILES string of the molecule is CN1[C@H]2CCC[C@@H]1[C@@H]([C@@H](O)c1ccc(Br)cc1)C(=O)C2. The third kappa shape index (κ3) is 2.45. The molecular formula is C16H20BrNO2. The lowest BCUT2D eigenvalue weighted by Crippen LogP contribution is -2.56. The molecule has 0 aromatic heterocycles. The first-order valence-corrected chi connectivity index (χ1v) is 8.05. The smallest absolute Gasteiger partial charge is 0.142 e. The van der Waals surface area contributed by atoms with Gasteiger partial charge in [-0.1, -0.05) is 34.5 Å². The number of nitrogens with zero attached hydrogens (tertiary/aromatic N) is 1. The zero-order valence-electron chi connectivity index (χ0n) is 11.6. The molecule has 3 rings (SSSR count). The second-order valence-corrected chi connectivity index (χ2v) is 6.93. The Labute approximate surface area is 128 Å². The second kappa shape index (κ2) is 5.58. The van der Waals surface area contributed by atoms with Gasteiger partial charge in [-0.2, -0.15) is 0 Å². The van der Waals surface area contributed by atoms with E-state index in [1.54, 1.807) is 0 Å². The summed E-state index contributed by atoms with van der Waals surface area (Å²) < 4.78 is 0.985. The van der Waals surface area contributed by atoms with Crippen molar-refractivity contribution in [2.75, 3.05) is 7.05 Å². The number of hydrogen-bond acceptors (Lipinski definition) is 3. The van der Waals surface area contributed by atoms with Crippen molar-refractivity contribution >= 4 is 21.7 Å². The molecule has 1 aromatic rings. The molecule has 0 radical (unpaired) electrons. The Morgan fingerprint density at radius 1 is 1.30 bits per heavy atom. The van der Waals surface area contributed by atoms with E-state index >= 15 is 0 Å². The average Bonchev–Trinajstić information content (AvgIpc) is 2.41. The van der Waals surface area contributed by atoms with Gasteiger partial charge < -0.3 is 5.11 Å². The summed E-state index contributed by atoms with van der Waals surface area (Å²) >= 11 is 3.40. The number of Topliss-reactive ketones (excluding diaryl/α,β-unsaturated/α-hetero) is 1. The van der Waals surface area contributed by atoms with E-state index in [-0.39, 0.29) is 17.7 Å². The van der Waals surface area contributed by atoms with E-state index in [4.69, 9.17) is 0 Å². The van der Waals surface area contributed by atoms with Crippen molar-refractivity contribution in [1.29, 1.82) is 0 Å². The van der Waals surface area contributed by atoms with Gasteiger partial charge in [0.25, 0.3) is 0 Å². The van der Waals surface area contributed by atoms with E-state index in [2.05, 4.69) is 27.9 Å². The van der Waals surface area contributed by atoms with Crippen LogP contribution in [0.1, 0.15) is 37.4 Å². The number of rotatable bonds is 2. The van der Waals surface area contributed by atoms with E-state index < -0.39 is 6.10 Å². The van der Waals surface area contributed by atoms with Gasteiger partial charge in [-0.05, 0) is 37.6 Å². The molecule has 2 heterocycles. The lowest BCUT2D eigenvalue weighted by atomic mass is 9.73. The van der Waals surface area contributed by atoms with E-state index in [0.29, 0.717) is 12.5 Å². The average molecular weight is 338 g/mol. The Morgan fingerprint density at radius 3 is 2.70 bits per heavy atom. The number of piperidine rings is 2. The summed E-state index contributed by atoms with van der Waals surface area (Å²) in [5, 5.41) is 10.7. The Morgan fingerprint density at radius 2 is 2.00 bits per heavy atom. The predicted octanol–water partition coefficient (Wildman–Crippen LogP) is 2.92. The number of aliphatic hydroxyl groups excluding tert-OH is 1. The minimum atomic E-state index is -0.693. The number of hydrogen-bond donors (Lipinski definition) is 1. The number of halogens is 1. The zero-order chi connectivity index (χ0) is 14.3. The lowest BCUT2D eigenvalue weighted by molar-refractivity contribution is -0.140. The van der Waals surface area contributed by atoms with Crippen molar-refractivity contribution in [3.05, 3.63) is 34.3 Å². The summed E-state index contributed by atoms with van der Waals surface area (Å²) in [4.78, 5) is 14.8. The molecule has 4 heteroatoms. The molecule has 2 saturated heterocycles. The van der Waals surface area contributed by atoms with E-state index in [9.17, 15) is 9.90 Å². The van der Waals surface area contributed by atoms with Crippen LogP contribution in [0.2, 0.25) is 0 Å². The second-order valence-electron chi connectivity index (χ2n) is 6.01. The third-order valence-electron chi connectivity index (χ3n) is 4.91. The molecule has 0 saturated carbocycles. The maximum Gasteiger partial charge on any atom is 0.142 e. The van der Waals surface area contributed by atoms with Gasteiger partial charge in [0, 0.05) is 23.0 Å². The first-order valence-electron chi connectivity index (χ1n) is 7.26. The molecule has 1 N–H and O–H groups in total. The fraction of sp³-hybridized carbons (Fsp3) is 0.562. The Kier molecular flexibility index (Phi) is 3.98. The van der Waals surface area contributed by atoms with Crippen molar-refractivity contribution in [2.24, 2.45) is 5.92 Å². The van der Waals surface area contributed by atoms with Crippen LogP contribution in [0, 0.1) is 5.92 Å². The molecule has 4 atom stereocenters. The maximum absolute atomic E-state index is 12.4. The fourth-order valence-electron chi connectivity index (χ4n) is 3.76. The molecule has 2 aliphatic rings. The molecular weight excluding hydrogens is 318 g/mol. The molecule has 0 spiro atoms. The van der Waals surface area contributed by atoms with Crippen LogP contribution in [-0.4, -0.2) is 34.9 Å². The van der Waals surface area contributed by atoms with Crippen molar-refractivity contribution in [3.63, 3.8) is 0 Å². The van der Waals surface area contributed by atoms with Crippen LogP contribution in [0.5, 0.6) is 0 Å². The Bertz CT molecular complexity index is 502. The number of carbonyl (C=O) groups excluding carboxylic acids is 1. The minimum Gasteiger partial charge on any atom is -0.388 e. The van der Waals surface area contributed by atoms with Crippen molar-refractivity contribution in [1.82, 2.24) is 4.90 Å². The van der Waals surface area contributed by atoms with Gasteiger partial charge in [-0.3, -0.25) is 9.69 Å². The quantitative estimate of drug-likeness (QED) is 0.901. The molecule has 2 fully saturated rings. The summed E-state index contributed by atoms with van der Waals surface area (Å²) in [6.07, 6.45) is 3.18. The summed E-state index contributed by atoms with van der Waals surface area (Å²) in [7, 11) is 2.10. The standard InChI is InChI=1S/C16H20BrNO2/c1-18-12-3-2-4-13(18)15(14(19)9-12)16(20)10-5-7-11(17)8-6-10/h5-8,12-13,15-16,20H,2-4,9H2,1H3/t12-,13+,15+,16-/m0/s1. The van der Waals surface area contributed by atoms with Gasteiger partial charge in [-0.25, -0.2) is 0 Å². The number of ketones is 1. The third-order valence-corrected chi connectivity index (χ3v) is 5.44. The van der Waals surface area contributed by atoms with Crippen LogP contribution in [0.3, 0.4) is 0 Å². The molecule has 2 aliphatic heterocycles. The van der Waals surface area contributed by atoms with Gasteiger partial charge in [0.15, 0.2) is 0 Å². The topological polar surface area (TPSA) is 40.5 Å². The summed E-state index contributed by atoms with van der Waals surface area (Å²) in [6.45, 7) is 0. The van der Waals surface area contributed by atoms with Gasteiger partial charge >= 0.3 is 0 Å². The Hall–Kier alpha value is -0.710. The summed E-state index contributed by atoms with van der Waals surface area (Å²) in [6, 6.07) is 8.20. The van der Waals surface area contributed by atoms with Crippen LogP contribution in [0.15, 0.2) is 28.7 Å². The van der Waals surface area contributed by atoms with E-state index in [0.717, 1.165) is 29.3 Å². The van der Waals surface area contributed by atoms with Crippen LogP contribution in [-0.2, 0) is 4.79 Å². The predicted molar refractivity (Wildman–Crippen MR) is 81.4 cm³/mol. The van der Waals surface area contributed by atoms with E-state index in [1.165, 1.54) is 0 Å². The minimum absolute atomic E-state index is 0.189. The largest absolute Gasteiger partial charge is 0.388 e.